The minimum atomic E-state index is -0.120. The number of hydrogen-bond donors (Lipinski definition) is 2. The van der Waals surface area contributed by atoms with E-state index in [4.69, 9.17) is 25.0 Å². The second-order valence-corrected chi connectivity index (χ2v) is 7.54. The maximum atomic E-state index is 8.71. The summed E-state index contributed by atoms with van der Waals surface area (Å²) in [5, 5.41) is 8.71. The van der Waals surface area contributed by atoms with Crippen LogP contribution in [0.2, 0.25) is 0 Å². The summed E-state index contributed by atoms with van der Waals surface area (Å²) in [5.74, 6) is 2.97. The van der Waals surface area contributed by atoms with E-state index in [2.05, 4.69) is 19.9 Å². The smallest absolute Gasteiger partial charge is 0.191 e. The second kappa shape index (κ2) is 8.73. The first kappa shape index (κ1) is 20.8. The van der Waals surface area contributed by atoms with Crippen molar-refractivity contribution in [3.05, 3.63) is 59.2 Å². The number of fused-ring (bicyclic) bond motifs is 1. The third-order valence-corrected chi connectivity index (χ3v) is 5.10. The van der Waals surface area contributed by atoms with Gasteiger partial charge >= 0.3 is 0 Å². The van der Waals surface area contributed by atoms with Gasteiger partial charge in [0.15, 0.2) is 5.89 Å². The molecule has 1 atom stereocenters. The quantitative estimate of drug-likeness (QED) is 0.440. The van der Waals surface area contributed by atoms with Crippen LogP contribution in [-0.4, -0.2) is 47.0 Å². The van der Waals surface area contributed by atoms with Gasteiger partial charge in [0.25, 0.3) is 0 Å². The lowest BCUT2D eigenvalue weighted by molar-refractivity contribution is 0.0921. The first-order valence-corrected chi connectivity index (χ1v) is 10.1. The minimum Gasteiger partial charge on any atom is -0.488 e. The lowest BCUT2D eigenvalue weighted by Crippen LogP contribution is -2.31. The molecule has 3 heterocycles. The molecule has 9 nitrogen and oxygen atoms in total. The van der Waals surface area contributed by atoms with Crippen molar-refractivity contribution in [3.8, 4) is 5.75 Å². The van der Waals surface area contributed by atoms with Gasteiger partial charge in [0.2, 0.25) is 0 Å². The van der Waals surface area contributed by atoms with Crippen molar-refractivity contribution in [2.24, 2.45) is 0 Å². The second-order valence-electron chi connectivity index (χ2n) is 7.54. The zero-order valence-corrected chi connectivity index (χ0v) is 17.9. The molecule has 3 aromatic rings. The fraction of sp³-hybridized carbons (Fsp3) is 0.364. The highest BCUT2D eigenvalue weighted by Crippen LogP contribution is 2.26. The van der Waals surface area contributed by atoms with E-state index in [-0.39, 0.29) is 11.8 Å². The zero-order valence-electron chi connectivity index (χ0n) is 17.9. The van der Waals surface area contributed by atoms with E-state index in [1.807, 2.05) is 13.8 Å². The third-order valence-electron chi connectivity index (χ3n) is 5.10. The summed E-state index contributed by atoms with van der Waals surface area (Å²) in [5.41, 5.74) is 8.82. The molecule has 1 aliphatic rings. The predicted octanol–water partition coefficient (Wildman–Crippen LogP) is 2.75. The summed E-state index contributed by atoms with van der Waals surface area (Å²) < 4.78 is 16.6. The van der Waals surface area contributed by atoms with Crippen molar-refractivity contribution in [1.82, 2.24) is 15.0 Å². The molecule has 1 unspecified atom stereocenters. The fourth-order valence-corrected chi connectivity index (χ4v) is 3.64. The average Bonchev–Trinajstić information content (AvgIpc) is 3.14. The Kier molecular flexibility index (Phi) is 5.85. The van der Waals surface area contributed by atoms with Gasteiger partial charge in [-0.05, 0) is 25.1 Å². The van der Waals surface area contributed by atoms with Crippen LogP contribution in [0.1, 0.15) is 35.5 Å². The molecule has 31 heavy (non-hydrogen) atoms. The Labute approximate surface area is 180 Å². The molecule has 4 rings (SSSR count). The lowest BCUT2D eigenvalue weighted by Gasteiger charge is -2.26. The number of methoxy groups -OCH3 is 1. The lowest BCUT2D eigenvalue weighted by atomic mass is 10.0. The molecular weight excluding hydrogens is 396 g/mol. The molecule has 9 heteroatoms. The van der Waals surface area contributed by atoms with E-state index < -0.39 is 0 Å². The van der Waals surface area contributed by atoms with Crippen molar-refractivity contribution >= 4 is 17.2 Å². The van der Waals surface area contributed by atoms with E-state index >= 15 is 0 Å². The Hall–Kier alpha value is -3.46. The van der Waals surface area contributed by atoms with E-state index in [0.29, 0.717) is 41.7 Å². The summed E-state index contributed by atoms with van der Waals surface area (Å²) in [6.07, 6.45) is 2.12. The van der Waals surface area contributed by atoms with Crippen molar-refractivity contribution in [1.29, 1.82) is 5.41 Å². The van der Waals surface area contributed by atoms with E-state index in [9.17, 15) is 0 Å². The average molecular weight is 422 g/mol. The van der Waals surface area contributed by atoms with Gasteiger partial charge in [-0.1, -0.05) is 0 Å². The molecule has 1 aliphatic heterocycles. The number of oxazole rings is 1. The summed E-state index contributed by atoms with van der Waals surface area (Å²) in [6.45, 7) is 5.61. The Bertz CT molecular complexity index is 1100. The van der Waals surface area contributed by atoms with Crippen LogP contribution >= 0.6 is 0 Å². The molecule has 0 amide bonds. The molecule has 2 aromatic heterocycles. The van der Waals surface area contributed by atoms with Crippen LogP contribution in [0.3, 0.4) is 0 Å². The largest absolute Gasteiger partial charge is 0.488 e. The van der Waals surface area contributed by atoms with Crippen LogP contribution < -0.4 is 15.4 Å². The van der Waals surface area contributed by atoms with E-state index in [1.165, 1.54) is 6.33 Å². The topological polar surface area (TPSA) is 123 Å². The van der Waals surface area contributed by atoms with Gasteiger partial charge in [0, 0.05) is 44.3 Å². The Morgan fingerprint density at radius 2 is 2.16 bits per heavy atom. The number of nitrogen functional groups attached to an aromatic ring is 1. The number of aryl methyl sites for hydroxylation is 1. The number of aromatic nitrogens is 3. The number of ether oxygens (including phenoxy) is 2. The normalized spacial score (nSPS) is 14.2. The maximum absolute atomic E-state index is 8.71. The van der Waals surface area contributed by atoms with Crippen molar-refractivity contribution in [2.45, 2.75) is 32.9 Å². The molecular formula is C22H26N6O3. The molecule has 0 saturated carbocycles. The van der Waals surface area contributed by atoms with Gasteiger partial charge < -0.3 is 24.5 Å². The van der Waals surface area contributed by atoms with Crippen LogP contribution in [0, 0.1) is 12.3 Å². The Balaban J connectivity index is 1.56. The first-order valence-electron chi connectivity index (χ1n) is 10.1. The number of rotatable bonds is 7. The number of nitrogens with two attached hydrogens (primary N) is 1. The number of anilines is 2. The van der Waals surface area contributed by atoms with Crippen LogP contribution in [0.25, 0.3) is 0 Å². The zero-order chi connectivity index (χ0) is 22.0. The van der Waals surface area contributed by atoms with Gasteiger partial charge in [0.1, 0.15) is 35.5 Å². The van der Waals surface area contributed by atoms with Crippen LogP contribution in [0.15, 0.2) is 35.0 Å². The molecule has 0 bridgehead atoms. The van der Waals surface area contributed by atoms with Crippen molar-refractivity contribution in [2.75, 3.05) is 30.9 Å². The predicted molar refractivity (Wildman–Crippen MR) is 117 cm³/mol. The molecule has 3 N–H and O–H groups in total. The van der Waals surface area contributed by atoms with Crippen molar-refractivity contribution in [3.63, 3.8) is 0 Å². The summed E-state index contributed by atoms with van der Waals surface area (Å²) in [7, 11) is 1.63. The highest BCUT2D eigenvalue weighted by atomic mass is 16.5. The van der Waals surface area contributed by atoms with Crippen molar-refractivity contribution < 1.29 is 13.9 Å². The Morgan fingerprint density at radius 1 is 1.32 bits per heavy atom. The highest BCUT2D eigenvalue weighted by molar-refractivity contribution is 6.13. The van der Waals surface area contributed by atoms with Crippen LogP contribution in [0.5, 0.6) is 5.75 Å². The summed E-state index contributed by atoms with van der Waals surface area (Å²) in [4.78, 5) is 15.3. The van der Waals surface area contributed by atoms with Gasteiger partial charge in [0.05, 0.1) is 24.6 Å². The summed E-state index contributed by atoms with van der Waals surface area (Å²) >= 11 is 0. The van der Waals surface area contributed by atoms with Crippen LogP contribution in [-0.2, 0) is 17.7 Å². The monoisotopic (exact) mass is 422 g/mol. The number of benzene rings is 1. The number of nitrogens with one attached hydrogen (secondary N) is 1. The molecule has 0 spiro atoms. The Morgan fingerprint density at radius 3 is 2.97 bits per heavy atom. The first-order chi connectivity index (χ1) is 14.9. The standard InChI is InChI=1S/C22H26N6O3/c1-13(11-29-3)30-15-4-5-17(23)16(8-15)22(24)18-9-21(26-12-25-18)28-7-6-20-19(10-28)27-14(2)31-20/h4-5,8-9,12-13,24H,6-7,10-11,23H2,1-3H3. The molecule has 162 valence electrons. The highest BCUT2D eigenvalue weighted by Gasteiger charge is 2.23. The number of hydrogen-bond acceptors (Lipinski definition) is 9. The fourth-order valence-electron chi connectivity index (χ4n) is 3.64. The minimum absolute atomic E-state index is 0.120. The summed E-state index contributed by atoms with van der Waals surface area (Å²) in [6, 6.07) is 7.09. The molecule has 0 saturated heterocycles. The van der Waals surface area contributed by atoms with E-state index in [1.54, 1.807) is 31.4 Å². The van der Waals surface area contributed by atoms with Gasteiger partial charge in [-0.25, -0.2) is 15.0 Å². The maximum Gasteiger partial charge on any atom is 0.191 e. The molecule has 0 radical (unpaired) electrons. The molecule has 0 aliphatic carbocycles. The third kappa shape index (κ3) is 4.51. The molecule has 1 aromatic carbocycles. The SMILES string of the molecule is COCC(C)Oc1ccc(N)c(C(=N)c2cc(N3CCc4oc(C)nc4C3)ncn2)c1. The molecule has 0 fully saturated rings. The van der Waals surface area contributed by atoms with Gasteiger partial charge in [-0.2, -0.15) is 0 Å². The van der Waals surface area contributed by atoms with E-state index in [0.717, 1.165) is 30.2 Å². The number of nitrogens with zero attached hydrogens (tertiary/aromatic N) is 4. The van der Waals surface area contributed by atoms with Gasteiger partial charge in [-0.15, -0.1) is 0 Å². The van der Waals surface area contributed by atoms with Crippen LogP contribution in [0.4, 0.5) is 11.5 Å². The van der Waals surface area contributed by atoms with Gasteiger partial charge in [-0.3, -0.25) is 5.41 Å².